The van der Waals surface area contributed by atoms with E-state index in [9.17, 15) is 4.79 Å². The fourth-order valence-corrected chi connectivity index (χ4v) is 2.26. The molecule has 22 heavy (non-hydrogen) atoms. The average Bonchev–Trinajstić information content (AvgIpc) is 2.47. The van der Waals surface area contributed by atoms with Crippen LogP contribution in [0.15, 0.2) is 42.6 Å². The van der Waals surface area contributed by atoms with Crippen molar-refractivity contribution in [3.8, 4) is 0 Å². The Morgan fingerprint density at radius 2 is 2.09 bits per heavy atom. The van der Waals surface area contributed by atoms with Gasteiger partial charge in [0, 0.05) is 29.5 Å². The minimum atomic E-state index is -0.159. The molecule has 2 aromatic rings. The molecular formula is C17H20ClN3O. The van der Waals surface area contributed by atoms with Crippen molar-refractivity contribution < 1.29 is 4.79 Å². The van der Waals surface area contributed by atoms with Gasteiger partial charge in [-0.3, -0.25) is 9.78 Å². The molecule has 1 heterocycles. The maximum absolute atomic E-state index is 11.9. The Balaban J connectivity index is 1.92. The zero-order chi connectivity index (χ0) is 15.9. The maximum Gasteiger partial charge on any atom is 0.270 e. The summed E-state index contributed by atoms with van der Waals surface area (Å²) in [4.78, 5) is 16.0. The van der Waals surface area contributed by atoms with Crippen LogP contribution in [-0.2, 0) is 6.42 Å². The number of rotatable bonds is 6. The minimum absolute atomic E-state index is 0.0914. The van der Waals surface area contributed by atoms with E-state index in [4.69, 9.17) is 11.6 Å². The van der Waals surface area contributed by atoms with Crippen LogP contribution in [0.3, 0.4) is 0 Å². The van der Waals surface area contributed by atoms with E-state index in [2.05, 4.69) is 15.6 Å². The van der Waals surface area contributed by atoms with E-state index in [1.165, 1.54) is 5.56 Å². The molecule has 0 aliphatic carbocycles. The van der Waals surface area contributed by atoms with Gasteiger partial charge in [0.25, 0.3) is 5.91 Å². The Bertz CT molecular complexity index is 643. The number of benzene rings is 1. The molecule has 0 saturated heterocycles. The SMILES string of the molecule is CC(C)NC(=O)c1cc(NCCc2cccc(Cl)c2)ccn1. The second kappa shape index (κ2) is 7.80. The summed E-state index contributed by atoms with van der Waals surface area (Å²) >= 11 is 5.96. The lowest BCUT2D eigenvalue weighted by atomic mass is 10.1. The van der Waals surface area contributed by atoms with Crippen LogP contribution in [0, 0.1) is 0 Å². The summed E-state index contributed by atoms with van der Waals surface area (Å²) in [5.74, 6) is -0.159. The van der Waals surface area contributed by atoms with Gasteiger partial charge in [-0.2, -0.15) is 0 Å². The fraction of sp³-hybridized carbons (Fsp3) is 0.294. The van der Waals surface area contributed by atoms with Crippen LogP contribution in [0.2, 0.25) is 5.02 Å². The monoisotopic (exact) mass is 317 g/mol. The molecule has 116 valence electrons. The first-order valence-electron chi connectivity index (χ1n) is 7.30. The highest BCUT2D eigenvalue weighted by Gasteiger charge is 2.08. The summed E-state index contributed by atoms with van der Waals surface area (Å²) in [5, 5.41) is 6.87. The van der Waals surface area contributed by atoms with Gasteiger partial charge in [0.05, 0.1) is 0 Å². The Kier molecular flexibility index (Phi) is 5.78. The van der Waals surface area contributed by atoms with E-state index < -0.39 is 0 Å². The largest absolute Gasteiger partial charge is 0.385 e. The number of hydrogen-bond donors (Lipinski definition) is 2. The lowest BCUT2D eigenvalue weighted by Gasteiger charge is -2.10. The first kappa shape index (κ1) is 16.3. The van der Waals surface area contributed by atoms with Crippen molar-refractivity contribution in [3.63, 3.8) is 0 Å². The predicted octanol–water partition coefficient (Wildman–Crippen LogP) is 3.53. The normalized spacial score (nSPS) is 10.5. The van der Waals surface area contributed by atoms with Crippen molar-refractivity contribution in [2.45, 2.75) is 26.3 Å². The molecule has 0 bridgehead atoms. The molecule has 1 amide bonds. The minimum Gasteiger partial charge on any atom is -0.385 e. The smallest absolute Gasteiger partial charge is 0.270 e. The lowest BCUT2D eigenvalue weighted by molar-refractivity contribution is 0.0938. The maximum atomic E-state index is 11.9. The number of nitrogens with one attached hydrogen (secondary N) is 2. The van der Waals surface area contributed by atoms with Gasteiger partial charge in [-0.25, -0.2) is 0 Å². The molecule has 1 aromatic carbocycles. The molecule has 2 N–H and O–H groups in total. The number of aromatic nitrogens is 1. The van der Waals surface area contributed by atoms with Crippen LogP contribution in [0.5, 0.6) is 0 Å². The van der Waals surface area contributed by atoms with Crippen molar-refractivity contribution in [2.75, 3.05) is 11.9 Å². The number of carbonyl (C=O) groups excluding carboxylic acids is 1. The molecule has 4 nitrogen and oxygen atoms in total. The highest BCUT2D eigenvalue weighted by atomic mass is 35.5. The number of nitrogens with zero attached hydrogens (tertiary/aromatic N) is 1. The highest BCUT2D eigenvalue weighted by molar-refractivity contribution is 6.30. The van der Waals surface area contributed by atoms with Gasteiger partial charge in [-0.15, -0.1) is 0 Å². The third-order valence-corrected chi connectivity index (χ3v) is 3.28. The molecule has 0 radical (unpaired) electrons. The van der Waals surface area contributed by atoms with Gasteiger partial charge in [0.15, 0.2) is 0 Å². The highest BCUT2D eigenvalue weighted by Crippen LogP contribution is 2.12. The van der Waals surface area contributed by atoms with Gasteiger partial charge < -0.3 is 10.6 Å². The van der Waals surface area contributed by atoms with E-state index in [1.807, 2.05) is 44.2 Å². The lowest BCUT2D eigenvalue weighted by Crippen LogP contribution is -2.30. The second-order valence-electron chi connectivity index (χ2n) is 5.36. The van der Waals surface area contributed by atoms with E-state index in [-0.39, 0.29) is 11.9 Å². The zero-order valence-corrected chi connectivity index (χ0v) is 13.5. The number of hydrogen-bond acceptors (Lipinski definition) is 3. The quantitative estimate of drug-likeness (QED) is 0.857. The number of halogens is 1. The molecule has 5 heteroatoms. The van der Waals surface area contributed by atoms with Gasteiger partial charge in [0.2, 0.25) is 0 Å². The fourth-order valence-electron chi connectivity index (χ4n) is 2.04. The van der Waals surface area contributed by atoms with Crippen molar-refractivity contribution in [2.24, 2.45) is 0 Å². The summed E-state index contributed by atoms with van der Waals surface area (Å²) in [6.45, 7) is 4.60. The summed E-state index contributed by atoms with van der Waals surface area (Å²) in [7, 11) is 0. The third-order valence-electron chi connectivity index (χ3n) is 3.04. The topological polar surface area (TPSA) is 54.0 Å². The predicted molar refractivity (Wildman–Crippen MR) is 90.5 cm³/mol. The van der Waals surface area contributed by atoms with Crippen molar-refractivity contribution in [1.29, 1.82) is 0 Å². The molecule has 0 atom stereocenters. The standard InChI is InChI=1S/C17H20ClN3O/c1-12(2)21-17(22)16-11-15(7-9-20-16)19-8-6-13-4-3-5-14(18)10-13/h3-5,7,9-12H,6,8H2,1-2H3,(H,19,20)(H,21,22). The molecule has 0 fully saturated rings. The van der Waals surface area contributed by atoms with Crippen molar-refractivity contribution in [1.82, 2.24) is 10.3 Å². The van der Waals surface area contributed by atoms with Crippen LogP contribution >= 0.6 is 11.6 Å². The Hall–Kier alpha value is -2.07. The molecule has 0 aliphatic rings. The first-order valence-corrected chi connectivity index (χ1v) is 7.67. The Morgan fingerprint density at radius 3 is 2.82 bits per heavy atom. The van der Waals surface area contributed by atoms with Crippen LogP contribution in [0.25, 0.3) is 0 Å². The first-order chi connectivity index (χ1) is 10.5. The van der Waals surface area contributed by atoms with Gasteiger partial charge in [0.1, 0.15) is 5.69 Å². The van der Waals surface area contributed by atoms with E-state index in [0.717, 1.165) is 23.7 Å². The Labute approximate surface area is 135 Å². The molecular weight excluding hydrogens is 298 g/mol. The van der Waals surface area contributed by atoms with Crippen LogP contribution < -0.4 is 10.6 Å². The van der Waals surface area contributed by atoms with Gasteiger partial charge in [-0.1, -0.05) is 23.7 Å². The summed E-state index contributed by atoms with van der Waals surface area (Å²) in [6.07, 6.45) is 2.49. The number of anilines is 1. The second-order valence-corrected chi connectivity index (χ2v) is 5.80. The summed E-state index contributed by atoms with van der Waals surface area (Å²) in [5.41, 5.74) is 2.47. The van der Waals surface area contributed by atoms with Gasteiger partial charge >= 0.3 is 0 Å². The number of amides is 1. The summed E-state index contributed by atoms with van der Waals surface area (Å²) < 4.78 is 0. The van der Waals surface area contributed by atoms with Crippen LogP contribution in [0.1, 0.15) is 29.9 Å². The third kappa shape index (κ3) is 5.04. The Morgan fingerprint density at radius 1 is 1.27 bits per heavy atom. The van der Waals surface area contributed by atoms with Gasteiger partial charge in [-0.05, 0) is 50.1 Å². The van der Waals surface area contributed by atoms with Crippen molar-refractivity contribution in [3.05, 3.63) is 58.9 Å². The molecule has 0 unspecified atom stereocenters. The number of carbonyl (C=O) groups is 1. The molecule has 0 spiro atoms. The zero-order valence-electron chi connectivity index (χ0n) is 12.8. The van der Waals surface area contributed by atoms with E-state index in [1.54, 1.807) is 12.3 Å². The van der Waals surface area contributed by atoms with E-state index >= 15 is 0 Å². The summed E-state index contributed by atoms with van der Waals surface area (Å²) in [6, 6.07) is 11.5. The van der Waals surface area contributed by atoms with E-state index in [0.29, 0.717) is 5.69 Å². The molecule has 0 aliphatic heterocycles. The average molecular weight is 318 g/mol. The van der Waals surface area contributed by atoms with Crippen molar-refractivity contribution >= 4 is 23.2 Å². The molecule has 0 saturated carbocycles. The van der Waals surface area contributed by atoms with Crippen LogP contribution in [0.4, 0.5) is 5.69 Å². The molecule has 1 aromatic heterocycles. The van der Waals surface area contributed by atoms with Crippen LogP contribution in [-0.4, -0.2) is 23.5 Å². The number of pyridine rings is 1. The molecule has 2 rings (SSSR count).